The molecule has 0 aromatic heterocycles. The van der Waals surface area contributed by atoms with E-state index in [1.54, 1.807) is 0 Å². The Balaban J connectivity index is 1.73. The summed E-state index contributed by atoms with van der Waals surface area (Å²) in [7, 11) is 1.95. The highest BCUT2D eigenvalue weighted by Gasteiger charge is 2.40. The van der Waals surface area contributed by atoms with Crippen LogP contribution in [-0.4, -0.2) is 58.3 Å². The summed E-state index contributed by atoms with van der Waals surface area (Å²) in [4.78, 5) is 14.9. The fraction of sp³-hybridized carbons (Fsp3) is 0.667. The molecule has 1 saturated carbocycles. The van der Waals surface area contributed by atoms with Gasteiger partial charge in [0.05, 0.1) is 6.10 Å². The molecule has 27 heavy (non-hydrogen) atoms. The van der Waals surface area contributed by atoms with Gasteiger partial charge in [-0.25, -0.2) is 0 Å². The Bertz CT molecular complexity index is 728. The highest BCUT2D eigenvalue weighted by Crippen LogP contribution is 2.49. The van der Waals surface area contributed by atoms with Crippen LogP contribution in [-0.2, 0) is 0 Å². The van der Waals surface area contributed by atoms with E-state index in [1.165, 1.54) is 12.5 Å². The van der Waals surface area contributed by atoms with Gasteiger partial charge in [-0.3, -0.25) is 4.79 Å². The summed E-state index contributed by atoms with van der Waals surface area (Å²) in [6.45, 7) is 1.29. The van der Waals surface area contributed by atoms with E-state index in [-0.39, 0.29) is 41.3 Å². The number of carbonyl (C=O) groups excluding carboxylic acids is 1. The molecule has 3 N–H and O–H groups in total. The summed E-state index contributed by atoms with van der Waals surface area (Å²) < 4.78 is 6.30. The molecule has 2 heterocycles. The summed E-state index contributed by atoms with van der Waals surface area (Å²) in [5.41, 5.74) is 0.651. The number of aromatic hydroxyl groups is 2. The first kappa shape index (κ1) is 18.6. The number of ketones is 1. The van der Waals surface area contributed by atoms with Crippen LogP contribution in [0.2, 0.25) is 0 Å². The molecule has 0 bridgehead atoms. The molecule has 2 fully saturated rings. The van der Waals surface area contributed by atoms with Crippen molar-refractivity contribution in [2.24, 2.45) is 5.92 Å². The van der Waals surface area contributed by atoms with Gasteiger partial charge in [-0.05, 0) is 38.8 Å². The SMILES string of the molecule is CN1CC[C@@H](c2c(O)cc(O)c3c2OC(C2CCCCC2)CC3=O)[C@@H](O)C1. The minimum Gasteiger partial charge on any atom is -0.507 e. The monoisotopic (exact) mass is 375 g/mol. The number of benzene rings is 1. The van der Waals surface area contributed by atoms with Crippen LogP contribution in [0.3, 0.4) is 0 Å². The van der Waals surface area contributed by atoms with E-state index >= 15 is 0 Å². The van der Waals surface area contributed by atoms with E-state index < -0.39 is 6.10 Å². The van der Waals surface area contributed by atoms with Crippen LogP contribution < -0.4 is 4.74 Å². The van der Waals surface area contributed by atoms with Crippen molar-refractivity contribution in [3.8, 4) is 17.2 Å². The Morgan fingerprint density at radius 1 is 1.11 bits per heavy atom. The zero-order valence-electron chi connectivity index (χ0n) is 15.9. The van der Waals surface area contributed by atoms with Gasteiger partial charge in [0.2, 0.25) is 0 Å². The van der Waals surface area contributed by atoms with Crippen LogP contribution in [0.5, 0.6) is 17.2 Å². The molecule has 3 atom stereocenters. The van der Waals surface area contributed by atoms with E-state index in [0.29, 0.717) is 30.2 Å². The van der Waals surface area contributed by atoms with E-state index in [0.717, 1.165) is 32.2 Å². The molecule has 148 valence electrons. The van der Waals surface area contributed by atoms with Crippen molar-refractivity contribution >= 4 is 5.78 Å². The van der Waals surface area contributed by atoms with Crippen LogP contribution in [0, 0.1) is 5.92 Å². The zero-order valence-corrected chi connectivity index (χ0v) is 15.9. The molecular formula is C21H29NO5. The number of likely N-dealkylation sites (tertiary alicyclic amines) is 1. The summed E-state index contributed by atoms with van der Waals surface area (Å²) in [5.74, 6) is -0.150. The Morgan fingerprint density at radius 2 is 1.85 bits per heavy atom. The molecule has 0 radical (unpaired) electrons. The first-order valence-electron chi connectivity index (χ1n) is 10.1. The average Bonchev–Trinajstić information content (AvgIpc) is 2.63. The highest BCUT2D eigenvalue weighted by molar-refractivity contribution is 6.03. The number of phenolic OH excluding ortho intramolecular Hbond substituents is 2. The number of aliphatic hydroxyl groups is 1. The molecular weight excluding hydrogens is 346 g/mol. The number of β-amino-alcohol motifs (C(OH)–C–C–N with tert-alkyl or cyclic N) is 1. The van der Waals surface area contributed by atoms with Gasteiger partial charge >= 0.3 is 0 Å². The predicted octanol–water partition coefficient (Wildman–Crippen LogP) is 2.79. The van der Waals surface area contributed by atoms with Crippen molar-refractivity contribution in [1.82, 2.24) is 4.90 Å². The lowest BCUT2D eigenvalue weighted by atomic mass is 9.79. The fourth-order valence-electron chi connectivity index (χ4n) is 5.07. The van der Waals surface area contributed by atoms with Crippen molar-refractivity contribution in [1.29, 1.82) is 0 Å². The number of carbonyl (C=O) groups is 1. The van der Waals surface area contributed by atoms with E-state index in [4.69, 9.17) is 4.74 Å². The number of likely N-dealkylation sites (N-methyl/N-ethyl adjacent to an activating group) is 1. The Kier molecular flexibility index (Phi) is 5.03. The topological polar surface area (TPSA) is 90.2 Å². The number of rotatable bonds is 2. The summed E-state index contributed by atoms with van der Waals surface area (Å²) in [6.07, 6.45) is 5.68. The van der Waals surface area contributed by atoms with Gasteiger partial charge < -0.3 is 25.0 Å². The Morgan fingerprint density at radius 3 is 2.56 bits per heavy atom. The smallest absolute Gasteiger partial charge is 0.174 e. The molecule has 0 amide bonds. The first-order valence-corrected chi connectivity index (χ1v) is 10.1. The average molecular weight is 375 g/mol. The van der Waals surface area contributed by atoms with Crippen molar-refractivity contribution in [2.75, 3.05) is 20.1 Å². The number of aliphatic hydroxyl groups excluding tert-OH is 1. The molecule has 3 aliphatic rings. The number of ether oxygens (including phenoxy) is 1. The van der Waals surface area contributed by atoms with Gasteiger partial charge in [0.25, 0.3) is 0 Å². The molecule has 0 spiro atoms. The van der Waals surface area contributed by atoms with Crippen LogP contribution >= 0.6 is 0 Å². The van der Waals surface area contributed by atoms with Crippen molar-refractivity contribution in [3.63, 3.8) is 0 Å². The maximum atomic E-state index is 12.8. The number of phenols is 2. The number of Topliss-reactive ketones (excluding diaryl/α,β-unsaturated/α-hetero) is 1. The minimum absolute atomic E-state index is 0.100. The normalized spacial score (nSPS) is 30.0. The summed E-state index contributed by atoms with van der Waals surface area (Å²) in [5, 5.41) is 31.5. The third kappa shape index (κ3) is 3.41. The standard InChI is InChI=1S/C21H29NO5/c1-22-8-7-13(17(26)11-22)19-14(23)9-15(24)20-16(25)10-18(27-21(19)20)12-5-3-2-4-6-12/h9,12-13,17-18,23-24,26H,2-8,10-11H2,1H3/t13-,17+,18?/m1/s1. The molecule has 1 saturated heterocycles. The molecule has 1 aromatic carbocycles. The molecule has 4 rings (SSSR count). The van der Waals surface area contributed by atoms with Gasteiger partial charge in [-0.1, -0.05) is 19.3 Å². The van der Waals surface area contributed by atoms with E-state index in [1.807, 2.05) is 11.9 Å². The number of hydrogen-bond donors (Lipinski definition) is 3. The Labute approximate surface area is 159 Å². The van der Waals surface area contributed by atoms with Gasteiger partial charge in [-0.15, -0.1) is 0 Å². The first-order chi connectivity index (χ1) is 13.0. The maximum Gasteiger partial charge on any atom is 0.174 e. The van der Waals surface area contributed by atoms with Crippen molar-refractivity contribution in [3.05, 3.63) is 17.2 Å². The second-order valence-electron chi connectivity index (χ2n) is 8.44. The van der Waals surface area contributed by atoms with Gasteiger partial charge in [0.15, 0.2) is 5.78 Å². The van der Waals surface area contributed by atoms with Crippen LogP contribution in [0.15, 0.2) is 6.07 Å². The zero-order chi connectivity index (χ0) is 19.1. The number of nitrogens with zero attached hydrogens (tertiary/aromatic N) is 1. The van der Waals surface area contributed by atoms with E-state index in [9.17, 15) is 20.1 Å². The van der Waals surface area contributed by atoms with Crippen LogP contribution in [0.4, 0.5) is 0 Å². The van der Waals surface area contributed by atoms with E-state index in [2.05, 4.69) is 0 Å². The molecule has 6 heteroatoms. The largest absolute Gasteiger partial charge is 0.507 e. The summed E-state index contributed by atoms with van der Waals surface area (Å²) >= 11 is 0. The fourth-order valence-corrected chi connectivity index (χ4v) is 5.07. The second-order valence-corrected chi connectivity index (χ2v) is 8.44. The minimum atomic E-state index is -0.656. The van der Waals surface area contributed by atoms with Crippen LogP contribution in [0.1, 0.15) is 66.8 Å². The second kappa shape index (κ2) is 7.32. The highest BCUT2D eigenvalue weighted by atomic mass is 16.5. The molecule has 1 unspecified atom stereocenters. The quantitative estimate of drug-likeness (QED) is 0.736. The number of hydrogen-bond acceptors (Lipinski definition) is 6. The van der Waals surface area contributed by atoms with Crippen molar-refractivity contribution < 1.29 is 24.9 Å². The lowest BCUT2D eigenvalue weighted by Gasteiger charge is -2.38. The Hall–Kier alpha value is -1.79. The molecule has 2 aliphatic heterocycles. The maximum absolute atomic E-state index is 12.8. The molecule has 1 aliphatic carbocycles. The van der Waals surface area contributed by atoms with Gasteiger partial charge in [0, 0.05) is 30.5 Å². The lowest BCUT2D eigenvalue weighted by Crippen LogP contribution is -2.41. The third-order valence-electron chi connectivity index (χ3n) is 6.54. The van der Waals surface area contributed by atoms with Crippen LogP contribution in [0.25, 0.3) is 0 Å². The van der Waals surface area contributed by atoms with Gasteiger partial charge in [-0.2, -0.15) is 0 Å². The molecule has 1 aromatic rings. The lowest BCUT2D eigenvalue weighted by molar-refractivity contribution is 0.0521. The predicted molar refractivity (Wildman–Crippen MR) is 101 cm³/mol. The van der Waals surface area contributed by atoms with Gasteiger partial charge in [0.1, 0.15) is 28.9 Å². The number of fused-ring (bicyclic) bond motifs is 1. The number of piperidine rings is 1. The molecule has 6 nitrogen and oxygen atoms in total. The third-order valence-corrected chi connectivity index (χ3v) is 6.54. The van der Waals surface area contributed by atoms with Crippen molar-refractivity contribution in [2.45, 2.75) is 63.1 Å². The summed E-state index contributed by atoms with van der Waals surface area (Å²) in [6, 6.07) is 1.22.